The van der Waals surface area contributed by atoms with Crippen LogP contribution in [0.2, 0.25) is 0 Å². The largest absolute Gasteiger partial charge is 0.357 e. The Kier molecular flexibility index (Phi) is 3.68. The zero-order valence-electron chi connectivity index (χ0n) is 13.7. The number of fused-ring (bicyclic) bond motifs is 2. The molecule has 2 aromatic rings. The number of benzene rings is 1. The summed E-state index contributed by atoms with van der Waals surface area (Å²) in [5.41, 5.74) is 4.07. The van der Waals surface area contributed by atoms with Crippen LogP contribution in [0, 0.1) is 6.92 Å². The molecule has 2 aliphatic heterocycles. The molecule has 0 radical (unpaired) electrons. The second kappa shape index (κ2) is 5.69. The molecule has 4 rings (SSSR count). The molecule has 4 nitrogen and oxygen atoms in total. The standard InChI is InChI=1S/C18H26N4/c1-14-16-5-3-4-6-17(16)19-18(14)13-21-8-10-22-9-7-20(2)11-15(22)12-21/h3-6,15,19H,7-13H2,1-2H3/t15-/m1/s1. The van der Waals surface area contributed by atoms with Crippen molar-refractivity contribution in [2.75, 3.05) is 46.3 Å². The van der Waals surface area contributed by atoms with Crippen molar-refractivity contribution in [2.45, 2.75) is 19.5 Å². The smallest absolute Gasteiger partial charge is 0.0459 e. The maximum absolute atomic E-state index is 3.63. The van der Waals surface area contributed by atoms with Crippen molar-refractivity contribution < 1.29 is 0 Å². The molecule has 1 atom stereocenters. The molecular weight excluding hydrogens is 272 g/mol. The summed E-state index contributed by atoms with van der Waals surface area (Å²) in [6, 6.07) is 9.35. The average molecular weight is 298 g/mol. The Bertz CT molecular complexity index is 662. The molecule has 118 valence electrons. The number of para-hydroxylation sites is 1. The molecule has 4 heteroatoms. The van der Waals surface area contributed by atoms with E-state index in [9.17, 15) is 0 Å². The summed E-state index contributed by atoms with van der Waals surface area (Å²) in [6.45, 7) is 10.6. The van der Waals surface area contributed by atoms with Crippen molar-refractivity contribution >= 4 is 10.9 Å². The van der Waals surface area contributed by atoms with Crippen LogP contribution in [0.5, 0.6) is 0 Å². The van der Waals surface area contributed by atoms with Crippen LogP contribution in [0.3, 0.4) is 0 Å². The summed E-state index contributed by atoms with van der Waals surface area (Å²) in [5, 5.41) is 1.37. The fourth-order valence-corrected chi connectivity index (χ4v) is 4.04. The van der Waals surface area contributed by atoms with E-state index in [2.05, 4.69) is 57.9 Å². The quantitative estimate of drug-likeness (QED) is 0.917. The third kappa shape index (κ3) is 2.56. The van der Waals surface area contributed by atoms with Crippen molar-refractivity contribution in [3.63, 3.8) is 0 Å². The van der Waals surface area contributed by atoms with E-state index in [1.807, 2.05) is 0 Å². The first-order valence-corrected chi connectivity index (χ1v) is 8.42. The first-order valence-electron chi connectivity index (χ1n) is 8.42. The molecular formula is C18H26N4. The maximum atomic E-state index is 3.63. The Morgan fingerprint density at radius 1 is 1.09 bits per heavy atom. The molecule has 3 heterocycles. The van der Waals surface area contributed by atoms with E-state index in [1.54, 1.807) is 0 Å². The summed E-state index contributed by atoms with van der Waals surface area (Å²) in [6.07, 6.45) is 0. The predicted octanol–water partition coefficient (Wildman–Crippen LogP) is 1.91. The Labute approximate surface area is 132 Å². The molecule has 2 saturated heterocycles. The molecule has 0 aliphatic carbocycles. The van der Waals surface area contributed by atoms with Gasteiger partial charge in [-0.15, -0.1) is 0 Å². The van der Waals surface area contributed by atoms with E-state index in [0.717, 1.165) is 6.54 Å². The minimum absolute atomic E-state index is 0.706. The van der Waals surface area contributed by atoms with Gasteiger partial charge in [0, 0.05) is 68.5 Å². The molecule has 0 unspecified atom stereocenters. The maximum Gasteiger partial charge on any atom is 0.0459 e. The molecule has 1 aromatic heterocycles. The number of hydrogen-bond donors (Lipinski definition) is 1. The summed E-state index contributed by atoms with van der Waals surface area (Å²) >= 11 is 0. The van der Waals surface area contributed by atoms with Gasteiger partial charge in [0.2, 0.25) is 0 Å². The number of aromatic amines is 1. The number of hydrogen-bond acceptors (Lipinski definition) is 3. The third-order valence-electron chi connectivity index (χ3n) is 5.43. The van der Waals surface area contributed by atoms with Crippen molar-refractivity contribution in [1.29, 1.82) is 0 Å². The lowest BCUT2D eigenvalue weighted by Crippen LogP contribution is -2.61. The van der Waals surface area contributed by atoms with Crippen LogP contribution in [0.15, 0.2) is 24.3 Å². The Balaban J connectivity index is 1.49. The number of H-pyrrole nitrogens is 1. The number of aromatic nitrogens is 1. The normalized spacial score (nSPS) is 24.7. The van der Waals surface area contributed by atoms with Crippen molar-refractivity contribution in [1.82, 2.24) is 19.7 Å². The SMILES string of the molecule is Cc1c(CN2CCN3CCN(C)C[C@@H]3C2)[nH]c2ccccc12. The van der Waals surface area contributed by atoms with Crippen molar-refractivity contribution in [3.05, 3.63) is 35.5 Å². The van der Waals surface area contributed by atoms with Crippen LogP contribution in [-0.2, 0) is 6.54 Å². The Hall–Kier alpha value is -1.36. The van der Waals surface area contributed by atoms with E-state index < -0.39 is 0 Å². The highest BCUT2D eigenvalue weighted by atomic mass is 15.3. The van der Waals surface area contributed by atoms with Crippen LogP contribution in [0.1, 0.15) is 11.3 Å². The third-order valence-corrected chi connectivity index (χ3v) is 5.43. The zero-order valence-corrected chi connectivity index (χ0v) is 13.7. The van der Waals surface area contributed by atoms with Crippen LogP contribution in [0.25, 0.3) is 10.9 Å². The van der Waals surface area contributed by atoms with Gasteiger partial charge in [0.15, 0.2) is 0 Å². The molecule has 0 bridgehead atoms. The van der Waals surface area contributed by atoms with Crippen LogP contribution < -0.4 is 0 Å². The van der Waals surface area contributed by atoms with Crippen molar-refractivity contribution in [3.8, 4) is 0 Å². The monoisotopic (exact) mass is 298 g/mol. The average Bonchev–Trinajstić information content (AvgIpc) is 2.84. The first-order chi connectivity index (χ1) is 10.7. The van der Waals surface area contributed by atoms with E-state index in [0.29, 0.717) is 6.04 Å². The molecule has 1 aromatic carbocycles. The number of rotatable bonds is 2. The van der Waals surface area contributed by atoms with Gasteiger partial charge in [0.05, 0.1) is 0 Å². The Morgan fingerprint density at radius 3 is 2.77 bits per heavy atom. The number of likely N-dealkylation sites (N-methyl/N-ethyl adjacent to an activating group) is 1. The number of piperazine rings is 2. The summed E-state index contributed by atoms with van der Waals surface area (Å²) < 4.78 is 0. The number of nitrogens with one attached hydrogen (secondary N) is 1. The number of nitrogens with zero attached hydrogens (tertiary/aromatic N) is 3. The fourth-order valence-electron chi connectivity index (χ4n) is 4.04. The van der Waals surface area contributed by atoms with E-state index in [4.69, 9.17) is 0 Å². The molecule has 1 N–H and O–H groups in total. The van der Waals surface area contributed by atoms with Gasteiger partial charge in [-0.1, -0.05) is 18.2 Å². The van der Waals surface area contributed by atoms with E-state index in [1.165, 1.54) is 61.4 Å². The van der Waals surface area contributed by atoms with Gasteiger partial charge in [0.1, 0.15) is 0 Å². The highest BCUT2D eigenvalue weighted by molar-refractivity contribution is 5.84. The minimum atomic E-state index is 0.706. The summed E-state index contributed by atoms with van der Waals surface area (Å²) in [7, 11) is 2.25. The van der Waals surface area contributed by atoms with Crippen LogP contribution in [-0.4, -0.2) is 72.0 Å². The second-order valence-corrected chi connectivity index (χ2v) is 6.96. The molecule has 2 fully saturated rings. The van der Waals surface area contributed by atoms with Crippen LogP contribution >= 0.6 is 0 Å². The molecule has 0 amide bonds. The second-order valence-electron chi connectivity index (χ2n) is 6.96. The zero-order chi connectivity index (χ0) is 15.1. The Morgan fingerprint density at radius 2 is 1.91 bits per heavy atom. The minimum Gasteiger partial charge on any atom is -0.357 e. The summed E-state index contributed by atoms with van der Waals surface area (Å²) in [4.78, 5) is 11.4. The molecule has 22 heavy (non-hydrogen) atoms. The van der Waals surface area contributed by atoms with Gasteiger partial charge in [-0.05, 0) is 25.6 Å². The number of aryl methyl sites for hydroxylation is 1. The fraction of sp³-hybridized carbons (Fsp3) is 0.556. The van der Waals surface area contributed by atoms with Gasteiger partial charge >= 0.3 is 0 Å². The lowest BCUT2D eigenvalue weighted by Gasteiger charge is -2.46. The highest BCUT2D eigenvalue weighted by Crippen LogP contribution is 2.23. The lowest BCUT2D eigenvalue weighted by molar-refractivity contribution is 0.0171. The lowest BCUT2D eigenvalue weighted by atomic mass is 10.1. The van der Waals surface area contributed by atoms with Gasteiger partial charge in [0.25, 0.3) is 0 Å². The first kappa shape index (κ1) is 14.2. The topological polar surface area (TPSA) is 25.5 Å². The molecule has 0 saturated carbocycles. The van der Waals surface area contributed by atoms with Gasteiger partial charge < -0.3 is 9.88 Å². The van der Waals surface area contributed by atoms with Gasteiger partial charge in [-0.2, -0.15) is 0 Å². The van der Waals surface area contributed by atoms with Crippen LogP contribution in [0.4, 0.5) is 0 Å². The van der Waals surface area contributed by atoms with Gasteiger partial charge in [-0.25, -0.2) is 0 Å². The van der Waals surface area contributed by atoms with E-state index in [-0.39, 0.29) is 0 Å². The predicted molar refractivity (Wildman–Crippen MR) is 91.2 cm³/mol. The molecule has 0 spiro atoms. The van der Waals surface area contributed by atoms with Gasteiger partial charge in [-0.3, -0.25) is 9.80 Å². The van der Waals surface area contributed by atoms with E-state index >= 15 is 0 Å². The summed E-state index contributed by atoms with van der Waals surface area (Å²) in [5.74, 6) is 0. The molecule has 2 aliphatic rings. The van der Waals surface area contributed by atoms with Crippen molar-refractivity contribution in [2.24, 2.45) is 0 Å². The highest BCUT2D eigenvalue weighted by Gasteiger charge is 2.31.